The van der Waals surface area contributed by atoms with Crippen LogP contribution in [0.3, 0.4) is 0 Å². The molecular formula is C15H27N3. The molecule has 0 aliphatic heterocycles. The van der Waals surface area contributed by atoms with Gasteiger partial charge in [-0.15, -0.1) is 0 Å². The number of hydrogen-bond donors (Lipinski definition) is 1. The molecule has 2 atom stereocenters. The van der Waals surface area contributed by atoms with Crippen LogP contribution in [0.5, 0.6) is 0 Å². The van der Waals surface area contributed by atoms with Crippen molar-refractivity contribution in [2.45, 2.75) is 52.0 Å². The number of rotatable bonds is 5. The molecule has 0 saturated heterocycles. The minimum atomic E-state index is 0.495. The van der Waals surface area contributed by atoms with Crippen LogP contribution in [-0.4, -0.2) is 22.6 Å². The molecule has 0 bridgehead atoms. The van der Waals surface area contributed by atoms with E-state index in [1.54, 1.807) is 0 Å². The summed E-state index contributed by atoms with van der Waals surface area (Å²) < 4.78 is 2.13. The zero-order chi connectivity index (χ0) is 13.2. The van der Waals surface area contributed by atoms with Gasteiger partial charge in [0.2, 0.25) is 0 Å². The van der Waals surface area contributed by atoms with Gasteiger partial charge in [-0.3, -0.25) is 0 Å². The Morgan fingerprint density at radius 3 is 2.83 bits per heavy atom. The van der Waals surface area contributed by atoms with Gasteiger partial charge in [-0.2, -0.15) is 0 Å². The third-order valence-electron chi connectivity index (χ3n) is 4.80. The van der Waals surface area contributed by atoms with Crippen molar-refractivity contribution in [3.63, 3.8) is 0 Å². The zero-order valence-electron chi connectivity index (χ0n) is 12.2. The standard InChI is InChI=1S/C15H27N3/c1-15(2)9-5-6-12(15)13(16-3)7-8-14-17-10-11-18(14)4/h10-13,16H,5-9H2,1-4H3. The van der Waals surface area contributed by atoms with E-state index in [0.29, 0.717) is 11.5 Å². The first-order chi connectivity index (χ1) is 8.54. The van der Waals surface area contributed by atoms with Crippen molar-refractivity contribution in [1.82, 2.24) is 14.9 Å². The molecular weight excluding hydrogens is 222 g/mol. The number of aromatic nitrogens is 2. The fourth-order valence-electron chi connectivity index (χ4n) is 3.57. The first-order valence-corrected chi connectivity index (χ1v) is 7.18. The maximum absolute atomic E-state index is 4.42. The molecule has 0 aromatic carbocycles. The van der Waals surface area contributed by atoms with Crippen LogP contribution < -0.4 is 5.32 Å². The van der Waals surface area contributed by atoms with Crippen LogP contribution in [0.25, 0.3) is 0 Å². The largest absolute Gasteiger partial charge is 0.338 e. The molecule has 1 aromatic heterocycles. The Morgan fingerprint density at radius 2 is 2.33 bits per heavy atom. The molecule has 3 heteroatoms. The lowest BCUT2D eigenvalue weighted by Crippen LogP contribution is -2.39. The molecule has 1 aliphatic carbocycles. The number of hydrogen-bond acceptors (Lipinski definition) is 2. The molecule has 1 aliphatic rings. The van der Waals surface area contributed by atoms with E-state index in [1.807, 2.05) is 12.4 Å². The molecule has 18 heavy (non-hydrogen) atoms. The predicted molar refractivity (Wildman–Crippen MR) is 75.5 cm³/mol. The first-order valence-electron chi connectivity index (χ1n) is 7.18. The van der Waals surface area contributed by atoms with Crippen LogP contribution in [0.1, 0.15) is 45.4 Å². The van der Waals surface area contributed by atoms with Gasteiger partial charge in [0.05, 0.1) is 0 Å². The molecule has 0 radical (unpaired) electrons. The van der Waals surface area contributed by atoms with E-state index in [9.17, 15) is 0 Å². The second-order valence-corrected chi connectivity index (χ2v) is 6.38. The fraction of sp³-hybridized carbons (Fsp3) is 0.800. The first kappa shape index (κ1) is 13.6. The van der Waals surface area contributed by atoms with Crippen LogP contribution >= 0.6 is 0 Å². The van der Waals surface area contributed by atoms with Crippen molar-refractivity contribution in [3.8, 4) is 0 Å². The van der Waals surface area contributed by atoms with Gasteiger partial charge in [0.25, 0.3) is 0 Å². The van der Waals surface area contributed by atoms with E-state index >= 15 is 0 Å². The van der Waals surface area contributed by atoms with Crippen molar-refractivity contribution in [2.24, 2.45) is 18.4 Å². The van der Waals surface area contributed by atoms with Crippen LogP contribution in [-0.2, 0) is 13.5 Å². The third-order valence-corrected chi connectivity index (χ3v) is 4.80. The molecule has 0 amide bonds. The Morgan fingerprint density at radius 1 is 1.56 bits per heavy atom. The van der Waals surface area contributed by atoms with Crippen LogP contribution in [0.15, 0.2) is 12.4 Å². The quantitative estimate of drug-likeness (QED) is 0.869. The second-order valence-electron chi connectivity index (χ2n) is 6.38. The minimum Gasteiger partial charge on any atom is -0.338 e. The zero-order valence-corrected chi connectivity index (χ0v) is 12.2. The molecule has 3 nitrogen and oxygen atoms in total. The van der Waals surface area contributed by atoms with Crippen molar-refractivity contribution in [2.75, 3.05) is 7.05 Å². The predicted octanol–water partition coefficient (Wildman–Crippen LogP) is 2.77. The Bertz CT molecular complexity index is 381. The van der Waals surface area contributed by atoms with Crippen molar-refractivity contribution >= 4 is 0 Å². The van der Waals surface area contributed by atoms with E-state index in [2.05, 4.69) is 42.8 Å². The van der Waals surface area contributed by atoms with E-state index in [-0.39, 0.29) is 0 Å². The van der Waals surface area contributed by atoms with Crippen molar-refractivity contribution in [3.05, 3.63) is 18.2 Å². The summed E-state index contributed by atoms with van der Waals surface area (Å²) in [5.74, 6) is 2.01. The number of nitrogens with one attached hydrogen (secondary N) is 1. The Labute approximate surface area is 111 Å². The molecule has 1 aromatic rings. The highest BCUT2D eigenvalue weighted by Crippen LogP contribution is 2.45. The molecule has 2 rings (SSSR count). The van der Waals surface area contributed by atoms with Gasteiger partial charge in [0.15, 0.2) is 0 Å². The maximum Gasteiger partial charge on any atom is 0.108 e. The summed E-state index contributed by atoms with van der Waals surface area (Å²) in [5.41, 5.74) is 0.495. The number of imidazole rings is 1. The molecule has 102 valence electrons. The lowest BCUT2D eigenvalue weighted by atomic mass is 9.76. The summed E-state index contributed by atoms with van der Waals surface area (Å²) in [5, 5.41) is 3.54. The highest BCUT2D eigenvalue weighted by atomic mass is 15.0. The van der Waals surface area contributed by atoms with Crippen molar-refractivity contribution < 1.29 is 0 Å². The summed E-state index contributed by atoms with van der Waals surface area (Å²) in [4.78, 5) is 4.42. The SMILES string of the molecule is CNC(CCc1nccn1C)C1CCCC1(C)C. The van der Waals surface area contributed by atoms with Crippen LogP contribution in [0, 0.1) is 11.3 Å². The average molecular weight is 249 g/mol. The van der Waals surface area contributed by atoms with E-state index in [0.717, 1.165) is 12.3 Å². The van der Waals surface area contributed by atoms with Crippen LogP contribution in [0.2, 0.25) is 0 Å². The maximum atomic E-state index is 4.42. The Balaban J connectivity index is 1.96. The van der Waals surface area contributed by atoms with Gasteiger partial charge in [0, 0.05) is 31.9 Å². The van der Waals surface area contributed by atoms with E-state index < -0.39 is 0 Å². The topological polar surface area (TPSA) is 29.9 Å². The van der Waals surface area contributed by atoms with E-state index in [4.69, 9.17) is 0 Å². The lowest BCUT2D eigenvalue weighted by Gasteiger charge is -2.34. The molecule has 2 unspecified atom stereocenters. The van der Waals surface area contributed by atoms with Gasteiger partial charge < -0.3 is 9.88 Å². The molecule has 1 N–H and O–H groups in total. The average Bonchev–Trinajstić information content (AvgIpc) is 2.87. The smallest absolute Gasteiger partial charge is 0.108 e. The molecule has 1 fully saturated rings. The fourth-order valence-corrected chi connectivity index (χ4v) is 3.57. The third kappa shape index (κ3) is 2.77. The molecule has 1 heterocycles. The van der Waals surface area contributed by atoms with Gasteiger partial charge in [-0.1, -0.05) is 20.3 Å². The summed E-state index contributed by atoms with van der Waals surface area (Å²) >= 11 is 0. The highest BCUT2D eigenvalue weighted by Gasteiger charge is 2.38. The van der Waals surface area contributed by atoms with Gasteiger partial charge in [0.1, 0.15) is 5.82 Å². The Hall–Kier alpha value is -0.830. The normalized spacial score (nSPS) is 24.3. The van der Waals surface area contributed by atoms with Crippen molar-refractivity contribution in [1.29, 1.82) is 0 Å². The van der Waals surface area contributed by atoms with Gasteiger partial charge in [-0.05, 0) is 37.6 Å². The summed E-state index contributed by atoms with van der Waals surface area (Å²) in [6, 6.07) is 0.624. The number of nitrogens with zero attached hydrogens (tertiary/aromatic N) is 2. The highest BCUT2D eigenvalue weighted by molar-refractivity contribution is 4.96. The molecule has 0 spiro atoms. The van der Waals surface area contributed by atoms with Gasteiger partial charge >= 0.3 is 0 Å². The molecule has 1 saturated carbocycles. The van der Waals surface area contributed by atoms with Crippen LogP contribution in [0.4, 0.5) is 0 Å². The summed E-state index contributed by atoms with van der Waals surface area (Å²) in [7, 11) is 4.19. The number of aryl methyl sites for hydroxylation is 2. The van der Waals surface area contributed by atoms with E-state index in [1.165, 1.54) is 31.5 Å². The Kier molecular flexibility index (Phi) is 4.10. The summed E-state index contributed by atoms with van der Waals surface area (Å²) in [6.07, 6.45) is 10.3. The van der Waals surface area contributed by atoms with Gasteiger partial charge in [-0.25, -0.2) is 4.98 Å². The second kappa shape index (κ2) is 5.43. The minimum absolute atomic E-state index is 0.495. The summed E-state index contributed by atoms with van der Waals surface area (Å²) in [6.45, 7) is 4.85. The monoisotopic (exact) mass is 249 g/mol. The lowest BCUT2D eigenvalue weighted by molar-refractivity contribution is 0.195.